The number of likely N-dealkylation sites (tertiary alicyclic amines) is 1. The first-order chi connectivity index (χ1) is 18.1. The summed E-state index contributed by atoms with van der Waals surface area (Å²) in [5.41, 5.74) is 7.50. The van der Waals surface area contributed by atoms with Crippen molar-refractivity contribution < 1.29 is 50.6 Å². The van der Waals surface area contributed by atoms with Gasteiger partial charge in [-0.3, -0.25) is 4.90 Å². The van der Waals surface area contributed by atoms with Crippen LogP contribution in [-0.4, -0.2) is 72.5 Å². The van der Waals surface area contributed by atoms with E-state index in [1.54, 1.807) is 11.3 Å². The van der Waals surface area contributed by atoms with Crippen molar-refractivity contribution in [1.82, 2.24) is 24.9 Å². The van der Waals surface area contributed by atoms with Crippen LogP contribution in [0.3, 0.4) is 0 Å². The van der Waals surface area contributed by atoms with Crippen molar-refractivity contribution in [3.05, 3.63) is 40.9 Å². The molecule has 0 aromatic carbocycles. The molecule has 0 aliphatic carbocycles. The van der Waals surface area contributed by atoms with Crippen molar-refractivity contribution in [2.75, 3.05) is 13.1 Å². The number of nitrogens with two attached hydrogens (primary N) is 1. The molecule has 1 saturated heterocycles. The van der Waals surface area contributed by atoms with Crippen molar-refractivity contribution in [2.24, 2.45) is 5.73 Å². The highest BCUT2D eigenvalue weighted by Gasteiger charge is 2.38. The van der Waals surface area contributed by atoms with Gasteiger partial charge in [-0.1, -0.05) is 11.3 Å². The molecule has 0 bridgehead atoms. The summed E-state index contributed by atoms with van der Waals surface area (Å²) >= 11 is 1.65. The van der Waals surface area contributed by atoms with Gasteiger partial charge in [-0.15, -0.1) is 16.4 Å². The molecular weight excluding hydrogens is 562 g/mol. The van der Waals surface area contributed by atoms with Gasteiger partial charge in [-0.2, -0.15) is 26.3 Å². The second-order valence-electron chi connectivity index (χ2n) is 8.01. The Labute approximate surface area is 220 Å². The Kier molecular flexibility index (Phi) is 11.0. The molecule has 3 aromatic heterocycles. The second kappa shape index (κ2) is 13.5. The average Bonchev–Trinajstić information content (AvgIpc) is 3.61. The zero-order chi connectivity index (χ0) is 29.4. The lowest BCUT2D eigenvalue weighted by atomic mass is 10.1. The molecule has 3 aromatic rings. The quantitative estimate of drug-likeness (QED) is 0.375. The number of nitrogens with zero attached hydrogens (tertiary/aromatic N) is 5. The Morgan fingerprint density at radius 3 is 2.13 bits per heavy atom. The van der Waals surface area contributed by atoms with Crippen molar-refractivity contribution in [1.29, 1.82) is 0 Å². The van der Waals surface area contributed by atoms with Crippen LogP contribution in [0.25, 0.3) is 10.8 Å². The maximum absolute atomic E-state index is 10.6. The topological polar surface area (TPSA) is 161 Å². The minimum Gasteiger partial charge on any atom is -0.475 e. The third-order valence-corrected chi connectivity index (χ3v) is 6.04. The van der Waals surface area contributed by atoms with Crippen LogP contribution < -0.4 is 5.73 Å². The molecule has 0 saturated carbocycles. The molecule has 4 N–H and O–H groups in total. The number of aryl methyl sites for hydroxylation is 1. The number of oxazole rings is 1. The molecule has 216 valence electrons. The Hall–Kier alpha value is -3.51. The van der Waals surface area contributed by atoms with E-state index in [-0.39, 0.29) is 0 Å². The maximum Gasteiger partial charge on any atom is 0.490 e. The number of alkyl halides is 6. The van der Waals surface area contributed by atoms with E-state index in [1.807, 2.05) is 35.3 Å². The van der Waals surface area contributed by atoms with Gasteiger partial charge in [0.2, 0.25) is 5.89 Å². The second-order valence-corrected chi connectivity index (χ2v) is 8.95. The number of aromatic nitrogens is 4. The molecule has 4 rings (SSSR count). The fraction of sp³-hybridized carbons (Fsp3) is 0.476. The standard InChI is InChI=1S/C17H22N6OS.2C2HF3O2/c1-12-15(19-17(24-12)16-3-2-8-25-16)11-22-6-4-14(5-7-22)23-10-13(9-18)20-21-23;2*3-2(4,5)1(6)7/h2-3,8,10,14H,4-7,9,11,18H2,1H3;2*(H,6,7). The van der Waals surface area contributed by atoms with Gasteiger partial charge in [-0.05, 0) is 31.2 Å². The molecule has 0 unspecified atom stereocenters. The zero-order valence-corrected chi connectivity index (χ0v) is 21.1. The summed E-state index contributed by atoms with van der Waals surface area (Å²) in [4.78, 5) is 26.0. The third kappa shape index (κ3) is 9.95. The van der Waals surface area contributed by atoms with Crippen LogP contribution in [0.1, 0.15) is 36.0 Å². The van der Waals surface area contributed by atoms with Crippen molar-refractivity contribution in [2.45, 2.75) is 51.2 Å². The summed E-state index contributed by atoms with van der Waals surface area (Å²) in [5.74, 6) is -3.87. The first kappa shape index (κ1) is 31.7. The fourth-order valence-corrected chi connectivity index (χ4v) is 3.87. The number of halogens is 6. The molecule has 39 heavy (non-hydrogen) atoms. The number of rotatable bonds is 5. The molecule has 11 nitrogen and oxygen atoms in total. The SMILES string of the molecule is Cc1oc(-c2cccs2)nc1CN1CCC(n2cc(CN)nn2)CC1.O=C(O)C(F)(F)F.O=C(O)C(F)(F)F. The third-order valence-electron chi connectivity index (χ3n) is 5.18. The fourth-order valence-electron chi connectivity index (χ4n) is 3.22. The Bertz CT molecular complexity index is 1180. The summed E-state index contributed by atoms with van der Waals surface area (Å²) in [6.07, 6.45) is -6.08. The first-order valence-electron chi connectivity index (χ1n) is 11.0. The highest BCUT2D eigenvalue weighted by atomic mass is 32.1. The number of hydrogen-bond donors (Lipinski definition) is 3. The van der Waals surface area contributed by atoms with Gasteiger partial charge in [0, 0.05) is 26.2 Å². The Morgan fingerprint density at radius 2 is 1.69 bits per heavy atom. The molecular formula is C21H24F6N6O5S. The van der Waals surface area contributed by atoms with Crippen molar-refractivity contribution in [3.63, 3.8) is 0 Å². The lowest BCUT2D eigenvalue weighted by Gasteiger charge is -2.31. The predicted octanol–water partition coefficient (Wildman–Crippen LogP) is 3.87. The minimum absolute atomic E-state index is 0.407. The van der Waals surface area contributed by atoms with Crippen LogP contribution in [0.4, 0.5) is 26.3 Å². The van der Waals surface area contributed by atoms with E-state index >= 15 is 0 Å². The first-order valence-corrected chi connectivity index (χ1v) is 11.9. The molecule has 0 radical (unpaired) electrons. The molecule has 4 heterocycles. The molecule has 0 amide bonds. The Balaban J connectivity index is 0.000000317. The van der Waals surface area contributed by atoms with E-state index in [2.05, 4.69) is 15.2 Å². The summed E-state index contributed by atoms with van der Waals surface area (Å²) in [7, 11) is 0. The van der Waals surface area contributed by atoms with Gasteiger partial charge in [0.1, 0.15) is 5.76 Å². The molecule has 1 fully saturated rings. The highest BCUT2D eigenvalue weighted by molar-refractivity contribution is 7.13. The zero-order valence-electron chi connectivity index (χ0n) is 20.2. The van der Waals surface area contributed by atoms with E-state index in [1.165, 1.54) is 0 Å². The van der Waals surface area contributed by atoms with Gasteiger partial charge in [0.15, 0.2) is 0 Å². The van der Waals surface area contributed by atoms with Crippen LogP contribution in [0.2, 0.25) is 0 Å². The van der Waals surface area contributed by atoms with Crippen LogP contribution in [0.15, 0.2) is 28.1 Å². The van der Waals surface area contributed by atoms with Gasteiger partial charge >= 0.3 is 24.3 Å². The minimum atomic E-state index is -5.08. The summed E-state index contributed by atoms with van der Waals surface area (Å²) < 4.78 is 71.3. The van der Waals surface area contributed by atoms with E-state index in [0.29, 0.717) is 12.6 Å². The molecule has 0 spiro atoms. The summed E-state index contributed by atoms with van der Waals surface area (Å²) in [5, 5.41) is 24.6. The van der Waals surface area contributed by atoms with E-state index < -0.39 is 24.3 Å². The predicted molar refractivity (Wildman–Crippen MR) is 123 cm³/mol. The number of hydrogen-bond acceptors (Lipinski definition) is 9. The largest absolute Gasteiger partial charge is 0.490 e. The smallest absolute Gasteiger partial charge is 0.475 e. The van der Waals surface area contributed by atoms with Gasteiger partial charge in [0.25, 0.3) is 0 Å². The lowest BCUT2D eigenvalue weighted by molar-refractivity contribution is -0.193. The normalized spacial score (nSPS) is 14.7. The number of carboxylic acids is 2. The maximum atomic E-state index is 10.6. The van der Waals surface area contributed by atoms with E-state index in [9.17, 15) is 26.3 Å². The van der Waals surface area contributed by atoms with E-state index in [4.69, 9.17) is 34.9 Å². The van der Waals surface area contributed by atoms with Crippen LogP contribution in [0, 0.1) is 6.92 Å². The monoisotopic (exact) mass is 586 g/mol. The molecule has 1 aliphatic rings. The number of carboxylic acid groups (broad SMARTS) is 2. The number of piperidine rings is 1. The molecule has 1 aliphatic heterocycles. The number of thiophene rings is 1. The van der Waals surface area contributed by atoms with Crippen LogP contribution in [0.5, 0.6) is 0 Å². The van der Waals surface area contributed by atoms with Gasteiger partial charge < -0.3 is 20.4 Å². The van der Waals surface area contributed by atoms with E-state index in [0.717, 1.165) is 60.4 Å². The summed E-state index contributed by atoms with van der Waals surface area (Å²) in [6, 6.07) is 4.47. The number of carbonyl (C=O) groups is 2. The van der Waals surface area contributed by atoms with Crippen LogP contribution in [-0.2, 0) is 22.7 Å². The van der Waals surface area contributed by atoms with Crippen molar-refractivity contribution in [3.8, 4) is 10.8 Å². The molecule has 18 heteroatoms. The number of aliphatic carboxylic acids is 2. The highest BCUT2D eigenvalue weighted by Crippen LogP contribution is 2.28. The Morgan fingerprint density at radius 1 is 1.13 bits per heavy atom. The van der Waals surface area contributed by atoms with Crippen LogP contribution >= 0.6 is 11.3 Å². The summed E-state index contributed by atoms with van der Waals surface area (Å²) in [6.45, 7) is 5.30. The van der Waals surface area contributed by atoms with Crippen molar-refractivity contribution >= 4 is 23.3 Å². The molecule has 0 atom stereocenters. The van der Waals surface area contributed by atoms with Gasteiger partial charge in [0.05, 0.1) is 28.5 Å². The lowest BCUT2D eigenvalue weighted by Crippen LogP contribution is -2.34. The average molecular weight is 587 g/mol. The van der Waals surface area contributed by atoms with Gasteiger partial charge in [-0.25, -0.2) is 19.3 Å².